The van der Waals surface area contributed by atoms with Gasteiger partial charge < -0.3 is 25.2 Å². The van der Waals surface area contributed by atoms with Gasteiger partial charge in [-0.25, -0.2) is 14.8 Å². The van der Waals surface area contributed by atoms with Gasteiger partial charge in [0.1, 0.15) is 0 Å². The zero-order valence-electron chi connectivity index (χ0n) is 26.6. The van der Waals surface area contributed by atoms with Crippen molar-refractivity contribution >= 4 is 23.6 Å². The molecular formula is C35H45N7O3. The molecule has 2 aromatic carbocycles. The fourth-order valence-corrected chi connectivity index (χ4v) is 6.77. The molecule has 3 aliphatic rings. The van der Waals surface area contributed by atoms with Crippen molar-refractivity contribution < 1.29 is 14.3 Å². The Bertz CT molecular complexity index is 1450. The van der Waals surface area contributed by atoms with Gasteiger partial charge in [-0.15, -0.1) is 0 Å². The Labute approximate surface area is 266 Å². The summed E-state index contributed by atoms with van der Waals surface area (Å²) in [5.41, 5.74) is 4.70. The number of aromatic nitrogens is 2. The van der Waals surface area contributed by atoms with Crippen molar-refractivity contribution in [1.29, 1.82) is 0 Å². The Hall–Kier alpha value is -4.02. The van der Waals surface area contributed by atoms with Crippen molar-refractivity contribution in [2.24, 2.45) is 0 Å². The molecule has 0 radical (unpaired) electrons. The Kier molecular flexibility index (Phi) is 9.61. The summed E-state index contributed by atoms with van der Waals surface area (Å²) in [5, 5.41) is 6.16. The third kappa shape index (κ3) is 7.28. The molecule has 2 N–H and O–H groups in total. The van der Waals surface area contributed by atoms with Gasteiger partial charge in [0, 0.05) is 86.2 Å². The van der Waals surface area contributed by atoms with Gasteiger partial charge in [-0.3, -0.25) is 9.69 Å². The molecule has 1 atom stereocenters. The molecule has 0 bridgehead atoms. The molecule has 0 unspecified atom stereocenters. The first-order valence-corrected chi connectivity index (χ1v) is 16.3. The lowest BCUT2D eigenvalue weighted by Gasteiger charge is -2.39. The second kappa shape index (κ2) is 14.0. The normalized spacial score (nSPS) is 20.2. The number of aryl methyl sites for hydroxylation is 1. The van der Waals surface area contributed by atoms with Crippen LogP contribution in [0.2, 0.25) is 0 Å². The van der Waals surface area contributed by atoms with Crippen LogP contribution in [0.1, 0.15) is 72.8 Å². The molecule has 3 aromatic rings. The van der Waals surface area contributed by atoms with Crippen LogP contribution in [0.15, 0.2) is 60.8 Å². The molecule has 3 fully saturated rings. The van der Waals surface area contributed by atoms with E-state index in [1.807, 2.05) is 45.2 Å². The van der Waals surface area contributed by atoms with Crippen LogP contribution in [0.3, 0.4) is 0 Å². The number of hydrogen-bond donors (Lipinski definition) is 2. The van der Waals surface area contributed by atoms with Crippen molar-refractivity contribution in [3.8, 4) is 0 Å². The number of likely N-dealkylation sites (tertiary alicyclic amines) is 1. The number of piperidine rings is 1. The number of nitrogens with zero attached hydrogens (tertiary/aromatic N) is 5. The fraction of sp³-hybridized carbons (Fsp3) is 0.486. The maximum absolute atomic E-state index is 13.9. The molecule has 1 aromatic heterocycles. The summed E-state index contributed by atoms with van der Waals surface area (Å²) in [6, 6.07) is 18.7. The SMILES string of the molecule is Cc1nc(Nc2ccc(C(=O)NC(C)C)cc2)ncc1CN1CCC(N2C(=O)N(C3CCOCC3)C[C@H]2c2ccccc2)CC1. The zero-order valence-corrected chi connectivity index (χ0v) is 26.6. The van der Waals surface area contributed by atoms with Gasteiger partial charge in [0.05, 0.1) is 6.04 Å². The molecule has 0 spiro atoms. The minimum absolute atomic E-state index is 0.0854. The number of carbonyl (C=O) groups excluding carboxylic acids is 2. The van der Waals surface area contributed by atoms with Gasteiger partial charge in [0.15, 0.2) is 0 Å². The van der Waals surface area contributed by atoms with Crippen molar-refractivity contribution in [2.75, 3.05) is 38.2 Å². The quantitative estimate of drug-likeness (QED) is 0.339. The second-order valence-electron chi connectivity index (χ2n) is 12.8. The fourth-order valence-electron chi connectivity index (χ4n) is 6.77. The van der Waals surface area contributed by atoms with E-state index in [0.717, 1.165) is 82.0 Å². The molecular weight excluding hydrogens is 566 g/mol. The van der Waals surface area contributed by atoms with E-state index in [2.05, 4.69) is 54.6 Å². The first-order chi connectivity index (χ1) is 21.9. The molecule has 238 valence electrons. The third-order valence-electron chi connectivity index (χ3n) is 9.24. The van der Waals surface area contributed by atoms with Crippen LogP contribution in [-0.2, 0) is 11.3 Å². The lowest BCUT2D eigenvalue weighted by molar-refractivity contribution is 0.0493. The summed E-state index contributed by atoms with van der Waals surface area (Å²) in [7, 11) is 0. The minimum Gasteiger partial charge on any atom is -0.381 e. The molecule has 10 nitrogen and oxygen atoms in total. The first kappa shape index (κ1) is 31.0. The van der Waals surface area contributed by atoms with E-state index in [9.17, 15) is 9.59 Å². The first-order valence-electron chi connectivity index (χ1n) is 16.3. The Balaban J connectivity index is 1.06. The van der Waals surface area contributed by atoms with Crippen LogP contribution < -0.4 is 10.6 Å². The second-order valence-corrected chi connectivity index (χ2v) is 12.8. The smallest absolute Gasteiger partial charge is 0.321 e. The van der Waals surface area contributed by atoms with Crippen molar-refractivity contribution in [2.45, 2.75) is 77.2 Å². The number of anilines is 2. The number of rotatable bonds is 9. The lowest BCUT2D eigenvalue weighted by atomic mass is 9.98. The van der Waals surface area contributed by atoms with Crippen LogP contribution in [-0.4, -0.2) is 87.6 Å². The predicted octanol–water partition coefficient (Wildman–Crippen LogP) is 5.29. The molecule has 4 heterocycles. The van der Waals surface area contributed by atoms with Crippen molar-refractivity contribution in [1.82, 2.24) is 30.0 Å². The van der Waals surface area contributed by atoms with E-state index in [-0.39, 0.29) is 36.1 Å². The van der Waals surface area contributed by atoms with Gasteiger partial charge in [0.2, 0.25) is 5.95 Å². The number of benzene rings is 2. The van der Waals surface area contributed by atoms with Crippen LogP contribution in [0.4, 0.5) is 16.4 Å². The topological polar surface area (TPSA) is 103 Å². The largest absolute Gasteiger partial charge is 0.381 e. The van der Waals surface area contributed by atoms with Crippen LogP contribution in [0.25, 0.3) is 0 Å². The maximum Gasteiger partial charge on any atom is 0.321 e. The molecule has 0 aliphatic carbocycles. The number of urea groups is 1. The summed E-state index contributed by atoms with van der Waals surface area (Å²) in [5.74, 6) is 0.444. The van der Waals surface area contributed by atoms with Gasteiger partial charge in [-0.1, -0.05) is 30.3 Å². The number of ether oxygens (including phenoxy) is 1. The number of carbonyl (C=O) groups is 2. The van der Waals surface area contributed by atoms with Crippen LogP contribution >= 0.6 is 0 Å². The summed E-state index contributed by atoms with van der Waals surface area (Å²) in [4.78, 5) is 42.2. The molecule has 3 aliphatic heterocycles. The van der Waals surface area contributed by atoms with Crippen LogP contribution in [0, 0.1) is 6.92 Å². The number of hydrogen-bond acceptors (Lipinski definition) is 7. The Morgan fingerprint density at radius 3 is 2.36 bits per heavy atom. The van der Waals surface area contributed by atoms with E-state index in [0.29, 0.717) is 11.5 Å². The predicted molar refractivity (Wildman–Crippen MR) is 174 cm³/mol. The van der Waals surface area contributed by atoms with Gasteiger partial charge in [0.25, 0.3) is 5.91 Å². The van der Waals surface area contributed by atoms with Gasteiger partial charge >= 0.3 is 6.03 Å². The summed E-state index contributed by atoms with van der Waals surface area (Å²) < 4.78 is 5.59. The summed E-state index contributed by atoms with van der Waals surface area (Å²) in [6.07, 6.45) is 5.63. The average molecular weight is 612 g/mol. The third-order valence-corrected chi connectivity index (χ3v) is 9.24. The zero-order chi connectivity index (χ0) is 31.3. The molecule has 3 amide bonds. The lowest BCUT2D eigenvalue weighted by Crippen LogP contribution is -2.48. The van der Waals surface area contributed by atoms with Crippen molar-refractivity contribution in [3.63, 3.8) is 0 Å². The molecule has 3 saturated heterocycles. The average Bonchev–Trinajstić information content (AvgIpc) is 3.40. The molecule has 6 rings (SSSR count). The van der Waals surface area contributed by atoms with Gasteiger partial charge in [-0.05, 0) is 76.3 Å². The Morgan fingerprint density at radius 2 is 1.69 bits per heavy atom. The van der Waals surface area contributed by atoms with Gasteiger partial charge in [-0.2, -0.15) is 0 Å². The number of amides is 3. The number of nitrogens with one attached hydrogen (secondary N) is 2. The highest BCUT2D eigenvalue weighted by molar-refractivity contribution is 5.94. The van der Waals surface area contributed by atoms with E-state index in [4.69, 9.17) is 9.72 Å². The van der Waals surface area contributed by atoms with E-state index < -0.39 is 0 Å². The van der Waals surface area contributed by atoms with E-state index >= 15 is 0 Å². The van der Waals surface area contributed by atoms with E-state index in [1.165, 1.54) is 5.56 Å². The highest BCUT2D eigenvalue weighted by atomic mass is 16.5. The van der Waals surface area contributed by atoms with E-state index in [1.54, 1.807) is 12.1 Å². The minimum atomic E-state index is -0.0861. The Morgan fingerprint density at radius 1 is 0.978 bits per heavy atom. The molecule has 10 heteroatoms. The maximum atomic E-state index is 13.9. The molecule has 0 saturated carbocycles. The monoisotopic (exact) mass is 611 g/mol. The summed E-state index contributed by atoms with van der Waals surface area (Å²) >= 11 is 0. The van der Waals surface area contributed by atoms with Crippen LogP contribution in [0.5, 0.6) is 0 Å². The summed E-state index contributed by atoms with van der Waals surface area (Å²) in [6.45, 7) is 10.7. The molecule has 45 heavy (non-hydrogen) atoms. The highest BCUT2D eigenvalue weighted by Crippen LogP contribution is 2.37. The van der Waals surface area contributed by atoms with Crippen molar-refractivity contribution in [3.05, 3.63) is 83.2 Å². The standard InChI is InChI=1S/C35H45N7O3/c1-24(2)37-33(43)27-9-11-29(12-10-27)39-34-36-21-28(25(3)38-34)22-40-17-13-31(14-18-40)42-32(26-7-5-4-6-8-26)23-41(35(42)44)30-15-19-45-20-16-30/h4-12,21,24,30-32H,13-20,22-23H2,1-3H3,(H,37,43)(H,36,38,39)/t32-/m0/s1. The highest BCUT2D eigenvalue weighted by Gasteiger charge is 2.45.